The lowest BCUT2D eigenvalue weighted by Gasteiger charge is -2.49. The van der Waals surface area contributed by atoms with Crippen molar-refractivity contribution in [2.24, 2.45) is 5.92 Å². The lowest BCUT2D eigenvalue weighted by atomic mass is 9.87. The molecular formula is C24H31ClFN5O4S. The minimum Gasteiger partial charge on any atom is -0.444 e. The van der Waals surface area contributed by atoms with Gasteiger partial charge in [-0.05, 0) is 52.4 Å². The first-order valence-electron chi connectivity index (χ1n) is 12.4. The molecular weight excluding hydrogens is 509 g/mol. The van der Waals surface area contributed by atoms with Gasteiger partial charge in [-0.3, -0.25) is 4.90 Å². The minimum atomic E-state index is -3.83. The Morgan fingerprint density at radius 2 is 1.92 bits per heavy atom. The average molecular weight is 540 g/mol. The zero-order chi connectivity index (χ0) is 26.2. The van der Waals surface area contributed by atoms with E-state index >= 15 is 4.39 Å². The maximum Gasteiger partial charge on any atom is 0.410 e. The second kappa shape index (κ2) is 8.65. The Morgan fingerprint density at radius 3 is 2.58 bits per heavy atom. The van der Waals surface area contributed by atoms with Gasteiger partial charge in [-0.15, -0.1) is 0 Å². The van der Waals surface area contributed by atoms with Crippen molar-refractivity contribution in [2.45, 2.75) is 89.2 Å². The van der Waals surface area contributed by atoms with E-state index in [9.17, 15) is 13.2 Å². The van der Waals surface area contributed by atoms with Gasteiger partial charge in [0.25, 0.3) is 0 Å². The van der Waals surface area contributed by atoms with Gasteiger partial charge in [-0.25, -0.2) is 32.6 Å². The zero-order valence-corrected chi connectivity index (χ0v) is 22.7. The van der Waals surface area contributed by atoms with E-state index in [0.29, 0.717) is 36.3 Å². The number of hydrogen-bond donors (Lipinski definition) is 0. The largest absolute Gasteiger partial charge is 0.444 e. The molecule has 2 aromatic heterocycles. The number of amides is 1. The Balaban J connectivity index is 1.70. The van der Waals surface area contributed by atoms with Crippen LogP contribution in [0.5, 0.6) is 0 Å². The van der Waals surface area contributed by atoms with Gasteiger partial charge < -0.3 is 9.64 Å². The molecule has 0 radical (unpaired) electrons. The highest BCUT2D eigenvalue weighted by Crippen LogP contribution is 2.44. The van der Waals surface area contributed by atoms with Crippen LogP contribution in [0.1, 0.15) is 59.6 Å². The van der Waals surface area contributed by atoms with E-state index in [2.05, 4.69) is 26.8 Å². The van der Waals surface area contributed by atoms with Crippen molar-refractivity contribution in [3.05, 3.63) is 16.7 Å². The second-order valence-electron chi connectivity index (χ2n) is 11.1. The number of pyridine rings is 1. The molecule has 2 fully saturated rings. The van der Waals surface area contributed by atoms with Crippen LogP contribution >= 0.6 is 11.6 Å². The monoisotopic (exact) mass is 539 g/mol. The van der Waals surface area contributed by atoms with E-state index in [0.717, 1.165) is 12.8 Å². The number of rotatable bonds is 2. The fourth-order valence-corrected chi connectivity index (χ4v) is 6.70. The van der Waals surface area contributed by atoms with E-state index < -0.39 is 26.4 Å². The number of anilines is 1. The van der Waals surface area contributed by atoms with Gasteiger partial charge in [0.1, 0.15) is 16.9 Å². The first-order chi connectivity index (χ1) is 16.8. The zero-order valence-electron chi connectivity index (χ0n) is 21.1. The molecule has 5 rings (SSSR count). The highest BCUT2D eigenvalue weighted by atomic mass is 35.5. The molecule has 9 nitrogen and oxygen atoms in total. The highest BCUT2D eigenvalue weighted by molar-refractivity contribution is 7.91. The Kier molecular flexibility index (Phi) is 6.10. The van der Waals surface area contributed by atoms with Crippen molar-refractivity contribution in [3.8, 4) is 0 Å². The third-order valence-corrected chi connectivity index (χ3v) is 9.05. The summed E-state index contributed by atoms with van der Waals surface area (Å²) in [5.74, 6) is -0.585. The lowest BCUT2D eigenvalue weighted by molar-refractivity contribution is 0.00637. The van der Waals surface area contributed by atoms with Crippen molar-refractivity contribution in [1.29, 1.82) is 0 Å². The maximum absolute atomic E-state index is 15.3. The summed E-state index contributed by atoms with van der Waals surface area (Å²) in [4.78, 5) is 30.1. The summed E-state index contributed by atoms with van der Waals surface area (Å²) in [6.07, 6.45) is 2.46. The molecule has 12 heteroatoms. The highest BCUT2D eigenvalue weighted by Gasteiger charge is 2.51. The molecule has 0 aliphatic carbocycles. The van der Waals surface area contributed by atoms with E-state index in [4.69, 9.17) is 16.3 Å². The van der Waals surface area contributed by atoms with E-state index in [1.807, 2.05) is 25.7 Å². The van der Waals surface area contributed by atoms with Crippen LogP contribution in [-0.2, 0) is 21.0 Å². The molecule has 0 saturated carbocycles. The van der Waals surface area contributed by atoms with E-state index in [-0.39, 0.29) is 46.6 Å². The number of fused-ring (bicyclic) bond motifs is 5. The molecule has 1 amide bonds. The quantitative estimate of drug-likeness (QED) is 0.414. The van der Waals surface area contributed by atoms with Crippen LogP contribution in [0, 0.1) is 11.7 Å². The van der Waals surface area contributed by atoms with Crippen LogP contribution in [-0.4, -0.2) is 70.4 Å². The van der Waals surface area contributed by atoms with Crippen molar-refractivity contribution in [1.82, 2.24) is 19.9 Å². The Labute approximate surface area is 215 Å². The van der Waals surface area contributed by atoms with Crippen LogP contribution < -0.4 is 4.90 Å². The van der Waals surface area contributed by atoms with Gasteiger partial charge >= 0.3 is 6.09 Å². The SMILES string of the molecule is CCS(=O)(=O)c1nc2c3c(nc(Cl)c(F)c3n1)C[C@@H](C)C[C@@H]1[C@@H]3CC[C@H](CN21)N3C(=O)OC(C)(C)C. The molecule has 0 aromatic carbocycles. The Morgan fingerprint density at radius 1 is 1.19 bits per heavy atom. The summed E-state index contributed by atoms with van der Waals surface area (Å²) in [5.41, 5.74) is -0.192. The fourth-order valence-electron chi connectivity index (χ4n) is 5.79. The summed E-state index contributed by atoms with van der Waals surface area (Å²) in [5, 5.41) is -0.358. The molecule has 36 heavy (non-hydrogen) atoms. The molecule has 2 saturated heterocycles. The number of piperazine rings is 1. The van der Waals surface area contributed by atoms with Crippen LogP contribution in [0.25, 0.3) is 10.9 Å². The lowest BCUT2D eigenvalue weighted by Crippen LogP contribution is -2.62. The summed E-state index contributed by atoms with van der Waals surface area (Å²) in [6, 6.07) is -0.418. The van der Waals surface area contributed by atoms with Gasteiger partial charge in [-0.2, -0.15) is 0 Å². The Hall–Kier alpha value is -2.27. The molecule has 0 N–H and O–H groups in total. The summed E-state index contributed by atoms with van der Waals surface area (Å²) < 4.78 is 46.6. The second-order valence-corrected chi connectivity index (χ2v) is 13.6. The molecule has 0 unspecified atom stereocenters. The number of sulfone groups is 1. The fraction of sp³-hybridized carbons (Fsp3) is 0.667. The van der Waals surface area contributed by atoms with Gasteiger partial charge in [0.15, 0.2) is 11.0 Å². The number of hydrogen-bond acceptors (Lipinski definition) is 8. The minimum absolute atomic E-state index is 0.128. The number of halogens is 2. The van der Waals surface area contributed by atoms with Gasteiger partial charge in [0, 0.05) is 6.54 Å². The summed E-state index contributed by atoms with van der Waals surface area (Å²) in [6.45, 7) is 9.54. The van der Waals surface area contributed by atoms with Crippen molar-refractivity contribution < 1.29 is 22.3 Å². The maximum atomic E-state index is 15.3. The molecule has 196 valence electrons. The van der Waals surface area contributed by atoms with Crippen molar-refractivity contribution in [3.63, 3.8) is 0 Å². The number of carbonyl (C=O) groups is 1. The first kappa shape index (κ1) is 25.4. The molecule has 0 spiro atoms. The molecule has 2 aromatic rings. The van der Waals surface area contributed by atoms with Gasteiger partial charge in [0.2, 0.25) is 15.0 Å². The van der Waals surface area contributed by atoms with Gasteiger partial charge in [-0.1, -0.05) is 25.4 Å². The normalized spacial score (nSPS) is 26.0. The number of aromatic nitrogens is 3. The molecule has 5 heterocycles. The average Bonchev–Trinajstić information content (AvgIpc) is 3.12. The smallest absolute Gasteiger partial charge is 0.410 e. The summed E-state index contributed by atoms with van der Waals surface area (Å²) >= 11 is 6.12. The predicted molar refractivity (Wildman–Crippen MR) is 134 cm³/mol. The van der Waals surface area contributed by atoms with Crippen LogP contribution in [0.15, 0.2) is 5.16 Å². The molecule has 3 aliphatic rings. The standard InChI is InChI=1S/C24H31ClFN5O4S/c1-6-36(33,34)22-28-19-17-14(27-20(25)18(19)26)9-12(2)10-16-15-8-7-13(11-30(16)21(17)29-22)31(15)23(32)35-24(3,4)5/h12-13,15-16H,6-11H2,1-5H3/t12-,13-,15+,16-/m1/s1. The number of nitrogens with zero attached hydrogens (tertiary/aromatic N) is 5. The Bertz CT molecular complexity index is 1350. The van der Waals surface area contributed by atoms with Crippen LogP contribution in [0.4, 0.5) is 15.0 Å². The van der Waals surface area contributed by atoms with Crippen LogP contribution in [0.2, 0.25) is 5.15 Å². The van der Waals surface area contributed by atoms with E-state index in [1.165, 1.54) is 6.92 Å². The number of ether oxygens (including phenoxy) is 1. The third kappa shape index (κ3) is 4.17. The molecule has 2 bridgehead atoms. The molecule has 4 atom stereocenters. The summed E-state index contributed by atoms with van der Waals surface area (Å²) in [7, 11) is -3.83. The third-order valence-electron chi connectivity index (χ3n) is 7.30. The van der Waals surface area contributed by atoms with Gasteiger partial charge in [0.05, 0.1) is 35.0 Å². The topological polar surface area (TPSA) is 106 Å². The molecule has 3 aliphatic heterocycles. The van der Waals surface area contributed by atoms with Crippen molar-refractivity contribution in [2.75, 3.05) is 17.2 Å². The first-order valence-corrected chi connectivity index (χ1v) is 14.4. The number of carbonyl (C=O) groups excluding carboxylic acids is 1. The predicted octanol–water partition coefficient (Wildman–Crippen LogP) is 4.15. The van der Waals surface area contributed by atoms with Crippen LogP contribution in [0.3, 0.4) is 0 Å². The van der Waals surface area contributed by atoms with Crippen molar-refractivity contribution >= 4 is 44.3 Å². The van der Waals surface area contributed by atoms with E-state index in [1.54, 1.807) is 0 Å².